The average Bonchev–Trinajstić information content (AvgIpc) is 2.00. The molecule has 0 radical (unpaired) electrons. The SMILES string of the molecule is CC(C)[C@@H]1CCN(C2CCC2)C[C@H]1C. The summed E-state index contributed by atoms with van der Waals surface area (Å²) in [6.07, 6.45) is 5.86. The first-order valence-corrected chi connectivity index (χ1v) is 6.42. The average molecular weight is 195 g/mol. The standard InChI is InChI=1S/C13H25N/c1-10(2)13-7-8-14(9-11(13)3)12-5-4-6-12/h10-13H,4-9H2,1-3H3/t11-,13+/m1/s1. The van der Waals surface area contributed by atoms with Gasteiger partial charge >= 0.3 is 0 Å². The van der Waals surface area contributed by atoms with Crippen LogP contribution in [0.1, 0.15) is 46.5 Å². The number of nitrogens with zero attached hydrogens (tertiary/aromatic N) is 1. The second kappa shape index (κ2) is 4.22. The quantitative estimate of drug-likeness (QED) is 0.654. The van der Waals surface area contributed by atoms with Crippen molar-refractivity contribution in [3.8, 4) is 0 Å². The van der Waals surface area contributed by atoms with Gasteiger partial charge in [-0.15, -0.1) is 0 Å². The van der Waals surface area contributed by atoms with E-state index in [4.69, 9.17) is 0 Å². The fourth-order valence-corrected chi connectivity index (χ4v) is 3.27. The predicted molar refractivity (Wildman–Crippen MR) is 61.3 cm³/mol. The van der Waals surface area contributed by atoms with E-state index in [1.807, 2.05) is 0 Å². The molecule has 0 bridgehead atoms. The molecule has 2 atom stereocenters. The lowest BCUT2D eigenvalue weighted by atomic mass is 9.77. The van der Waals surface area contributed by atoms with Crippen LogP contribution < -0.4 is 0 Å². The summed E-state index contributed by atoms with van der Waals surface area (Å²) in [4.78, 5) is 2.76. The van der Waals surface area contributed by atoms with Crippen molar-refractivity contribution >= 4 is 0 Å². The van der Waals surface area contributed by atoms with Crippen LogP contribution in [0.15, 0.2) is 0 Å². The number of rotatable bonds is 2. The summed E-state index contributed by atoms with van der Waals surface area (Å²) < 4.78 is 0. The third-order valence-electron chi connectivity index (χ3n) is 4.45. The van der Waals surface area contributed by atoms with Crippen LogP contribution in [-0.4, -0.2) is 24.0 Å². The Morgan fingerprint density at radius 1 is 1.14 bits per heavy atom. The van der Waals surface area contributed by atoms with Gasteiger partial charge in [0.2, 0.25) is 0 Å². The van der Waals surface area contributed by atoms with Crippen molar-refractivity contribution in [1.82, 2.24) is 4.90 Å². The Hall–Kier alpha value is -0.0400. The molecule has 0 amide bonds. The van der Waals surface area contributed by atoms with E-state index >= 15 is 0 Å². The molecule has 2 rings (SSSR count). The molecule has 0 aromatic carbocycles. The maximum atomic E-state index is 2.76. The molecule has 1 nitrogen and oxygen atoms in total. The molecular formula is C13H25N. The molecule has 1 saturated heterocycles. The second-order valence-corrected chi connectivity index (χ2v) is 5.75. The van der Waals surface area contributed by atoms with Crippen LogP contribution in [0.25, 0.3) is 0 Å². The lowest BCUT2D eigenvalue weighted by Gasteiger charge is -2.45. The van der Waals surface area contributed by atoms with Crippen molar-refractivity contribution in [2.75, 3.05) is 13.1 Å². The molecule has 14 heavy (non-hydrogen) atoms. The fourth-order valence-electron chi connectivity index (χ4n) is 3.27. The molecule has 1 heterocycles. The summed E-state index contributed by atoms with van der Waals surface area (Å²) in [5, 5.41) is 0. The molecule has 1 aliphatic carbocycles. The monoisotopic (exact) mass is 195 g/mol. The Morgan fingerprint density at radius 2 is 1.86 bits per heavy atom. The summed E-state index contributed by atoms with van der Waals surface area (Å²) in [7, 11) is 0. The minimum Gasteiger partial charge on any atom is -0.300 e. The van der Waals surface area contributed by atoms with Crippen LogP contribution in [0.2, 0.25) is 0 Å². The molecule has 82 valence electrons. The first kappa shape index (κ1) is 10.5. The first-order chi connectivity index (χ1) is 6.68. The molecular weight excluding hydrogens is 170 g/mol. The summed E-state index contributed by atoms with van der Waals surface area (Å²) in [5.74, 6) is 2.78. The summed E-state index contributed by atoms with van der Waals surface area (Å²) in [6.45, 7) is 9.97. The maximum absolute atomic E-state index is 2.76. The highest BCUT2D eigenvalue weighted by Crippen LogP contribution is 2.34. The van der Waals surface area contributed by atoms with Gasteiger partial charge in [-0.25, -0.2) is 0 Å². The number of hydrogen-bond donors (Lipinski definition) is 0. The first-order valence-electron chi connectivity index (χ1n) is 6.42. The van der Waals surface area contributed by atoms with Gasteiger partial charge in [0.1, 0.15) is 0 Å². The van der Waals surface area contributed by atoms with Crippen molar-refractivity contribution in [1.29, 1.82) is 0 Å². The van der Waals surface area contributed by atoms with Crippen LogP contribution >= 0.6 is 0 Å². The molecule has 1 saturated carbocycles. The van der Waals surface area contributed by atoms with E-state index in [0.717, 1.165) is 23.8 Å². The Kier molecular flexibility index (Phi) is 3.16. The smallest absolute Gasteiger partial charge is 0.00953 e. The normalized spacial score (nSPS) is 36.0. The highest BCUT2D eigenvalue weighted by Gasteiger charge is 2.33. The molecule has 1 aliphatic heterocycles. The molecule has 0 aromatic heterocycles. The maximum Gasteiger partial charge on any atom is 0.00953 e. The third kappa shape index (κ3) is 1.98. The lowest BCUT2D eigenvalue weighted by Crippen LogP contribution is -2.48. The molecule has 0 spiro atoms. The van der Waals surface area contributed by atoms with Gasteiger partial charge in [0.05, 0.1) is 0 Å². The van der Waals surface area contributed by atoms with Gasteiger partial charge in [-0.1, -0.05) is 27.2 Å². The van der Waals surface area contributed by atoms with E-state index in [-0.39, 0.29) is 0 Å². The summed E-state index contributed by atoms with van der Waals surface area (Å²) in [5.41, 5.74) is 0. The van der Waals surface area contributed by atoms with Gasteiger partial charge in [0.25, 0.3) is 0 Å². The van der Waals surface area contributed by atoms with Crippen molar-refractivity contribution in [2.45, 2.75) is 52.5 Å². The van der Waals surface area contributed by atoms with Crippen molar-refractivity contribution < 1.29 is 0 Å². The summed E-state index contributed by atoms with van der Waals surface area (Å²) >= 11 is 0. The van der Waals surface area contributed by atoms with Crippen molar-refractivity contribution in [3.63, 3.8) is 0 Å². The van der Waals surface area contributed by atoms with E-state index in [1.165, 1.54) is 38.8 Å². The number of likely N-dealkylation sites (tertiary alicyclic amines) is 1. The largest absolute Gasteiger partial charge is 0.300 e. The van der Waals surface area contributed by atoms with Crippen molar-refractivity contribution in [3.05, 3.63) is 0 Å². The molecule has 0 aromatic rings. The van der Waals surface area contributed by atoms with E-state index in [0.29, 0.717) is 0 Å². The van der Waals surface area contributed by atoms with Gasteiger partial charge in [-0.3, -0.25) is 0 Å². The van der Waals surface area contributed by atoms with Gasteiger partial charge in [0, 0.05) is 12.6 Å². The minimum absolute atomic E-state index is 0.883. The topological polar surface area (TPSA) is 3.24 Å². The molecule has 1 heteroatoms. The Morgan fingerprint density at radius 3 is 2.29 bits per heavy atom. The van der Waals surface area contributed by atoms with Crippen LogP contribution in [-0.2, 0) is 0 Å². The second-order valence-electron chi connectivity index (χ2n) is 5.75. The Balaban J connectivity index is 1.85. The molecule has 2 fully saturated rings. The van der Waals surface area contributed by atoms with Gasteiger partial charge in [0.15, 0.2) is 0 Å². The zero-order valence-corrected chi connectivity index (χ0v) is 10.00. The van der Waals surface area contributed by atoms with Crippen LogP contribution in [0.4, 0.5) is 0 Å². The van der Waals surface area contributed by atoms with E-state index in [1.54, 1.807) is 0 Å². The van der Waals surface area contributed by atoms with Crippen LogP contribution in [0.5, 0.6) is 0 Å². The molecule has 2 aliphatic rings. The van der Waals surface area contributed by atoms with E-state index in [9.17, 15) is 0 Å². The fraction of sp³-hybridized carbons (Fsp3) is 1.00. The predicted octanol–water partition coefficient (Wildman–Crippen LogP) is 3.15. The van der Waals surface area contributed by atoms with Gasteiger partial charge in [-0.2, -0.15) is 0 Å². The van der Waals surface area contributed by atoms with E-state index < -0.39 is 0 Å². The van der Waals surface area contributed by atoms with Crippen LogP contribution in [0, 0.1) is 17.8 Å². The minimum atomic E-state index is 0.883. The Bertz CT molecular complexity index is 184. The van der Waals surface area contributed by atoms with Crippen molar-refractivity contribution in [2.24, 2.45) is 17.8 Å². The number of piperidine rings is 1. The lowest BCUT2D eigenvalue weighted by molar-refractivity contribution is 0.0392. The highest BCUT2D eigenvalue weighted by molar-refractivity contribution is 4.86. The third-order valence-corrected chi connectivity index (χ3v) is 4.45. The molecule has 0 unspecified atom stereocenters. The Labute approximate surface area is 88.9 Å². The van der Waals surface area contributed by atoms with Crippen LogP contribution in [0.3, 0.4) is 0 Å². The van der Waals surface area contributed by atoms with E-state index in [2.05, 4.69) is 25.7 Å². The zero-order chi connectivity index (χ0) is 10.1. The number of hydrogen-bond acceptors (Lipinski definition) is 1. The molecule has 0 N–H and O–H groups in total. The highest BCUT2D eigenvalue weighted by atomic mass is 15.2. The summed E-state index contributed by atoms with van der Waals surface area (Å²) in [6, 6.07) is 0.963. The van der Waals surface area contributed by atoms with Gasteiger partial charge < -0.3 is 4.90 Å². The van der Waals surface area contributed by atoms with Gasteiger partial charge in [-0.05, 0) is 43.6 Å². The zero-order valence-electron chi connectivity index (χ0n) is 10.00.